The Morgan fingerprint density at radius 3 is 2.25 bits per heavy atom. The second kappa shape index (κ2) is 10.7. The molecule has 0 aliphatic carbocycles. The van der Waals surface area contributed by atoms with Crippen LogP contribution >= 0.6 is 0 Å². The number of rotatable bonds is 9. The molecule has 0 saturated heterocycles. The Labute approximate surface area is 188 Å². The van der Waals surface area contributed by atoms with Gasteiger partial charge in [-0.15, -0.1) is 0 Å². The molecule has 2 aromatic carbocycles. The Morgan fingerprint density at radius 1 is 0.875 bits per heavy atom. The van der Waals surface area contributed by atoms with E-state index in [1.54, 1.807) is 18.2 Å². The average molecular weight is 435 g/mol. The van der Waals surface area contributed by atoms with E-state index in [0.717, 1.165) is 33.8 Å². The average Bonchev–Trinajstić information content (AvgIpc) is 2.76. The Bertz CT molecular complexity index is 1110. The Balaban J connectivity index is 1.36. The van der Waals surface area contributed by atoms with Crippen LogP contribution in [-0.2, 0) is 4.79 Å². The van der Waals surface area contributed by atoms with Gasteiger partial charge >= 0.3 is 0 Å². The Kier molecular flexibility index (Phi) is 7.76. The number of nitrogens with one attached hydrogen (secondary N) is 2. The molecule has 3 aromatic rings. The molecule has 0 unspecified atom stereocenters. The summed E-state index contributed by atoms with van der Waals surface area (Å²) in [4.78, 5) is 33.4. The van der Waals surface area contributed by atoms with Crippen molar-refractivity contribution < 1.29 is 14.3 Å². The second-order valence-electron chi connectivity index (χ2n) is 7.88. The number of carbonyl (C=O) groups is 2. The third-order valence-corrected chi connectivity index (χ3v) is 5.27. The zero-order valence-corrected chi connectivity index (χ0v) is 19.1. The summed E-state index contributed by atoms with van der Waals surface area (Å²) >= 11 is 0. The van der Waals surface area contributed by atoms with Gasteiger partial charge in [0, 0.05) is 25.1 Å². The first-order chi connectivity index (χ1) is 15.3. The first-order valence-electron chi connectivity index (χ1n) is 10.8. The minimum atomic E-state index is -0.205. The molecule has 0 saturated carbocycles. The number of amides is 2. The van der Waals surface area contributed by atoms with Gasteiger partial charge in [-0.2, -0.15) is 0 Å². The number of para-hydroxylation sites is 1. The number of hydrogen-bond donors (Lipinski definition) is 2. The molecule has 1 heterocycles. The molecule has 168 valence electrons. The summed E-state index contributed by atoms with van der Waals surface area (Å²) in [5, 5.41) is 5.64. The van der Waals surface area contributed by atoms with Gasteiger partial charge in [0.1, 0.15) is 5.75 Å². The summed E-state index contributed by atoms with van der Waals surface area (Å²) in [6.07, 6.45) is 1.00. The SMILES string of the molecule is Cc1cccc(C)c1OCCCC(=O)NCCNC(=O)c1ccc2nc(C)c(C)nc2c1. The van der Waals surface area contributed by atoms with Crippen molar-refractivity contribution >= 4 is 22.8 Å². The lowest BCUT2D eigenvalue weighted by atomic mass is 10.1. The predicted octanol–water partition coefficient (Wildman–Crippen LogP) is 3.57. The van der Waals surface area contributed by atoms with Crippen LogP contribution in [0.5, 0.6) is 5.75 Å². The summed E-state index contributed by atoms with van der Waals surface area (Å²) in [6, 6.07) is 11.3. The first kappa shape index (κ1) is 23.2. The Morgan fingerprint density at radius 2 is 1.53 bits per heavy atom. The van der Waals surface area contributed by atoms with Crippen molar-refractivity contribution in [3.8, 4) is 5.75 Å². The minimum absolute atomic E-state index is 0.0591. The number of hydrogen-bond acceptors (Lipinski definition) is 5. The maximum atomic E-state index is 12.4. The van der Waals surface area contributed by atoms with E-state index in [-0.39, 0.29) is 11.8 Å². The molecule has 0 aliphatic rings. The number of fused-ring (bicyclic) bond motifs is 1. The standard InChI is InChI=1S/C25H30N4O3/c1-16-7-5-8-17(2)24(16)32-14-6-9-23(30)26-12-13-27-25(31)20-10-11-21-22(15-20)29-19(4)18(3)28-21/h5,7-8,10-11,15H,6,9,12-14H2,1-4H3,(H,26,30)(H,27,31). The van der Waals surface area contributed by atoms with E-state index in [4.69, 9.17) is 4.74 Å². The molecule has 32 heavy (non-hydrogen) atoms. The molecule has 7 heteroatoms. The first-order valence-corrected chi connectivity index (χ1v) is 10.8. The van der Waals surface area contributed by atoms with E-state index >= 15 is 0 Å². The van der Waals surface area contributed by atoms with E-state index in [9.17, 15) is 9.59 Å². The highest BCUT2D eigenvalue weighted by atomic mass is 16.5. The number of nitrogens with zero attached hydrogens (tertiary/aromatic N) is 2. The smallest absolute Gasteiger partial charge is 0.251 e. The van der Waals surface area contributed by atoms with Gasteiger partial charge in [-0.3, -0.25) is 9.59 Å². The molecule has 0 bridgehead atoms. The molecule has 0 aliphatic heterocycles. The summed E-state index contributed by atoms with van der Waals surface area (Å²) < 4.78 is 5.82. The summed E-state index contributed by atoms with van der Waals surface area (Å²) in [5.41, 5.74) is 5.88. The number of aryl methyl sites for hydroxylation is 4. The van der Waals surface area contributed by atoms with Gasteiger partial charge in [0.2, 0.25) is 5.91 Å². The molecule has 7 nitrogen and oxygen atoms in total. The quantitative estimate of drug-likeness (QED) is 0.502. The van der Waals surface area contributed by atoms with E-state index < -0.39 is 0 Å². The second-order valence-corrected chi connectivity index (χ2v) is 7.88. The predicted molar refractivity (Wildman–Crippen MR) is 125 cm³/mol. The fourth-order valence-corrected chi connectivity index (χ4v) is 3.37. The van der Waals surface area contributed by atoms with Gasteiger partial charge in [-0.1, -0.05) is 18.2 Å². The van der Waals surface area contributed by atoms with E-state index in [1.807, 2.05) is 45.9 Å². The number of carbonyl (C=O) groups excluding carboxylic acids is 2. The topological polar surface area (TPSA) is 93.2 Å². The summed E-state index contributed by atoms with van der Waals surface area (Å²) in [6.45, 7) is 9.03. The van der Waals surface area contributed by atoms with Gasteiger partial charge in [0.25, 0.3) is 5.91 Å². The number of benzene rings is 2. The monoisotopic (exact) mass is 434 g/mol. The van der Waals surface area contributed by atoms with Crippen LogP contribution in [0.3, 0.4) is 0 Å². The largest absolute Gasteiger partial charge is 0.493 e. The van der Waals surface area contributed by atoms with E-state index in [2.05, 4.69) is 20.6 Å². The van der Waals surface area contributed by atoms with E-state index in [0.29, 0.717) is 43.6 Å². The zero-order chi connectivity index (χ0) is 23.1. The van der Waals surface area contributed by atoms with E-state index in [1.165, 1.54) is 0 Å². The molecule has 0 fully saturated rings. The van der Waals surface area contributed by atoms with Gasteiger partial charge in [0.15, 0.2) is 0 Å². The fraction of sp³-hybridized carbons (Fsp3) is 0.360. The van der Waals surface area contributed by atoms with Crippen molar-refractivity contribution in [3.63, 3.8) is 0 Å². The minimum Gasteiger partial charge on any atom is -0.493 e. The van der Waals surface area contributed by atoms with Crippen LogP contribution in [0.1, 0.15) is 45.7 Å². The fourth-order valence-electron chi connectivity index (χ4n) is 3.37. The maximum absolute atomic E-state index is 12.4. The molecule has 3 rings (SSSR count). The van der Waals surface area contributed by atoms with Crippen LogP contribution in [0.15, 0.2) is 36.4 Å². The van der Waals surface area contributed by atoms with Crippen molar-refractivity contribution in [3.05, 3.63) is 64.5 Å². The van der Waals surface area contributed by atoms with Crippen LogP contribution in [0, 0.1) is 27.7 Å². The van der Waals surface area contributed by atoms with Gasteiger partial charge in [-0.25, -0.2) is 9.97 Å². The normalized spacial score (nSPS) is 10.8. The third-order valence-electron chi connectivity index (χ3n) is 5.27. The third kappa shape index (κ3) is 6.03. The highest BCUT2D eigenvalue weighted by Gasteiger charge is 2.09. The van der Waals surface area contributed by atoms with Crippen LogP contribution in [-0.4, -0.2) is 41.5 Å². The highest BCUT2D eigenvalue weighted by molar-refractivity contribution is 5.97. The van der Waals surface area contributed by atoms with Gasteiger partial charge in [0.05, 0.1) is 29.0 Å². The molecule has 0 atom stereocenters. The van der Waals surface area contributed by atoms with Crippen molar-refractivity contribution in [2.75, 3.05) is 19.7 Å². The molecule has 1 aromatic heterocycles. The molecule has 2 amide bonds. The summed E-state index contributed by atoms with van der Waals surface area (Å²) in [5.74, 6) is 0.625. The number of ether oxygens (including phenoxy) is 1. The zero-order valence-electron chi connectivity index (χ0n) is 19.1. The Hall–Kier alpha value is -3.48. The molecular formula is C25H30N4O3. The molecule has 0 radical (unpaired) electrons. The highest BCUT2D eigenvalue weighted by Crippen LogP contribution is 2.22. The van der Waals surface area contributed by atoms with Crippen LogP contribution < -0.4 is 15.4 Å². The van der Waals surface area contributed by atoms with Crippen molar-refractivity contribution in [1.29, 1.82) is 0 Å². The van der Waals surface area contributed by atoms with Crippen LogP contribution in [0.2, 0.25) is 0 Å². The molecular weight excluding hydrogens is 404 g/mol. The number of aromatic nitrogens is 2. The van der Waals surface area contributed by atoms with Crippen molar-refractivity contribution in [2.24, 2.45) is 0 Å². The van der Waals surface area contributed by atoms with Crippen LogP contribution in [0.4, 0.5) is 0 Å². The lowest BCUT2D eigenvalue weighted by Gasteiger charge is -2.12. The summed E-state index contributed by atoms with van der Waals surface area (Å²) in [7, 11) is 0. The molecule has 2 N–H and O–H groups in total. The van der Waals surface area contributed by atoms with Crippen LogP contribution in [0.25, 0.3) is 11.0 Å². The maximum Gasteiger partial charge on any atom is 0.251 e. The lowest BCUT2D eigenvalue weighted by molar-refractivity contribution is -0.121. The van der Waals surface area contributed by atoms with Gasteiger partial charge in [-0.05, 0) is 63.4 Å². The molecule has 0 spiro atoms. The van der Waals surface area contributed by atoms with Gasteiger partial charge < -0.3 is 15.4 Å². The lowest BCUT2D eigenvalue weighted by Crippen LogP contribution is -2.34. The van der Waals surface area contributed by atoms with Crippen molar-refractivity contribution in [1.82, 2.24) is 20.6 Å². The van der Waals surface area contributed by atoms with Crippen molar-refractivity contribution in [2.45, 2.75) is 40.5 Å².